The van der Waals surface area contributed by atoms with Crippen LogP contribution >= 0.6 is 0 Å². The predicted octanol–water partition coefficient (Wildman–Crippen LogP) is 1.22. The van der Waals surface area contributed by atoms with E-state index in [4.69, 9.17) is 0 Å². The molecule has 1 heterocycles. The molecular formula is C14H29N3O. The zero-order valence-corrected chi connectivity index (χ0v) is 12.2. The highest BCUT2D eigenvalue weighted by Crippen LogP contribution is 2.18. The van der Waals surface area contributed by atoms with E-state index in [1.807, 2.05) is 13.8 Å². The standard InChI is InChI=1S/C14H29N3O/c1-4-8-15-10-13-7-6-9-17(11-13)12(3)14(18)16-5-2/h12-13,15H,4-11H2,1-3H3,(H,16,18). The molecule has 1 aliphatic heterocycles. The molecule has 18 heavy (non-hydrogen) atoms. The normalized spacial score (nSPS) is 22.7. The van der Waals surface area contributed by atoms with Crippen molar-refractivity contribution in [2.45, 2.75) is 46.1 Å². The van der Waals surface area contributed by atoms with E-state index in [9.17, 15) is 4.79 Å². The van der Waals surface area contributed by atoms with E-state index in [-0.39, 0.29) is 11.9 Å². The lowest BCUT2D eigenvalue weighted by Gasteiger charge is -2.36. The highest BCUT2D eigenvalue weighted by Gasteiger charge is 2.26. The Balaban J connectivity index is 2.35. The van der Waals surface area contributed by atoms with Crippen LogP contribution in [0, 0.1) is 5.92 Å². The summed E-state index contributed by atoms with van der Waals surface area (Å²) < 4.78 is 0. The quantitative estimate of drug-likeness (QED) is 0.672. The van der Waals surface area contributed by atoms with Crippen LogP contribution < -0.4 is 10.6 Å². The summed E-state index contributed by atoms with van der Waals surface area (Å²) in [5.41, 5.74) is 0. The average Bonchev–Trinajstić information content (AvgIpc) is 2.39. The van der Waals surface area contributed by atoms with Gasteiger partial charge in [-0.25, -0.2) is 0 Å². The van der Waals surface area contributed by atoms with Crippen LogP contribution in [0.2, 0.25) is 0 Å². The third-order valence-electron chi connectivity index (χ3n) is 3.69. The Bertz CT molecular complexity index is 245. The fourth-order valence-electron chi connectivity index (χ4n) is 2.59. The van der Waals surface area contributed by atoms with E-state index in [0.717, 1.165) is 32.7 Å². The number of likely N-dealkylation sites (N-methyl/N-ethyl adjacent to an activating group) is 1. The van der Waals surface area contributed by atoms with Crippen LogP contribution in [0.15, 0.2) is 0 Å². The maximum absolute atomic E-state index is 11.8. The smallest absolute Gasteiger partial charge is 0.237 e. The second-order valence-electron chi connectivity index (χ2n) is 5.28. The molecule has 1 saturated heterocycles. The van der Waals surface area contributed by atoms with Crippen molar-refractivity contribution in [3.63, 3.8) is 0 Å². The van der Waals surface area contributed by atoms with Gasteiger partial charge in [0.2, 0.25) is 5.91 Å². The molecule has 106 valence electrons. The van der Waals surface area contributed by atoms with E-state index in [1.54, 1.807) is 0 Å². The number of nitrogens with zero attached hydrogens (tertiary/aromatic N) is 1. The number of hydrogen-bond donors (Lipinski definition) is 2. The lowest BCUT2D eigenvalue weighted by atomic mass is 9.96. The Labute approximate surface area is 111 Å². The number of hydrogen-bond acceptors (Lipinski definition) is 3. The summed E-state index contributed by atoms with van der Waals surface area (Å²) in [7, 11) is 0. The van der Waals surface area contributed by atoms with E-state index >= 15 is 0 Å². The van der Waals surface area contributed by atoms with Crippen LogP contribution in [0.5, 0.6) is 0 Å². The van der Waals surface area contributed by atoms with Gasteiger partial charge in [-0.3, -0.25) is 9.69 Å². The van der Waals surface area contributed by atoms with Gasteiger partial charge in [0.25, 0.3) is 0 Å². The van der Waals surface area contributed by atoms with Crippen molar-refractivity contribution in [1.29, 1.82) is 0 Å². The molecule has 0 bridgehead atoms. The molecule has 4 heteroatoms. The van der Waals surface area contributed by atoms with Gasteiger partial charge in [-0.05, 0) is 58.7 Å². The molecule has 0 radical (unpaired) electrons. The van der Waals surface area contributed by atoms with E-state index in [2.05, 4.69) is 22.5 Å². The average molecular weight is 255 g/mol. The summed E-state index contributed by atoms with van der Waals surface area (Å²) >= 11 is 0. The van der Waals surface area contributed by atoms with E-state index in [1.165, 1.54) is 19.3 Å². The van der Waals surface area contributed by atoms with Crippen LogP contribution in [-0.4, -0.2) is 49.6 Å². The minimum Gasteiger partial charge on any atom is -0.355 e. The van der Waals surface area contributed by atoms with Gasteiger partial charge in [0.15, 0.2) is 0 Å². The number of rotatable bonds is 7. The predicted molar refractivity (Wildman–Crippen MR) is 75.6 cm³/mol. The number of nitrogens with one attached hydrogen (secondary N) is 2. The van der Waals surface area contributed by atoms with Crippen molar-refractivity contribution >= 4 is 5.91 Å². The van der Waals surface area contributed by atoms with E-state index in [0.29, 0.717) is 5.92 Å². The summed E-state index contributed by atoms with van der Waals surface area (Å²) in [6.45, 7) is 11.2. The van der Waals surface area contributed by atoms with Gasteiger partial charge in [0.1, 0.15) is 0 Å². The van der Waals surface area contributed by atoms with Crippen molar-refractivity contribution in [1.82, 2.24) is 15.5 Å². The fourth-order valence-corrected chi connectivity index (χ4v) is 2.59. The summed E-state index contributed by atoms with van der Waals surface area (Å²) in [6.07, 6.45) is 3.68. The first kappa shape index (κ1) is 15.4. The Kier molecular flexibility index (Phi) is 7.28. The molecule has 1 rings (SSSR count). The number of amides is 1. The summed E-state index contributed by atoms with van der Waals surface area (Å²) in [6, 6.07) is 0.0129. The molecule has 2 N–H and O–H groups in total. The van der Waals surface area contributed by atoms with Gasteiger partial charge in [-0.2, -0.15) is 0 Å². The first-order valence-corrected chi connectivity index (χ1v) is 7.41. The molecule has 4 nitrogen and oxygen atoms in total. The number of piperidine rings is 1. The molecule has 1 amide bonds. The highest BCUT2D eigenvalue weighted by atomic mass is 16.2. The Morgan fingerprint density at radius 3 is 2.89 bits per heavy atom. The molecule has 0 saturated carbocycles. The fraction of sp³-hybridized carbons (Fsp3) is 0.929. The van der Waals surface area contributed by atoms with Gasteiger partial charge in [-0.15, -0.1) is 0 Å². The van der Waals surface area contributed by atoms with Crippen molar-refractivity contribution in [3.05, 3.63) is 0 Å². The van der Waals surface area contributed by atoms with Gasteiger partial charge in [-0.1, -0.05) is 6.92 Å². The number of carbonyl (C=O) groups excluding carboxylic acids is 1. The van der Waals surface area contributed by atoms with Gasteiger partial charge in [0.05, 0.1) is 6.04 Å². The van der Waals surface area contributed by atoms with Crippen molar-refractivity contribution < 1.29 is 4.79 Å². The van der Waals surface area contributed by atoms with Crippen LogP contribution in [0.3, 0.4) is 0 Å². The molecule has 0 aromatic carbocycles. The summed E-state index contributed by atoms with van der Waals surface area (Å²) in [5.74, 6) is 0.863. The van der Waals surface area contributed by atoms with Crippen molar-refractivity contribution in [3.8, 4) is 0 Å². The molecule has 0 aromatic heterocycles. The van der Waals surface area contributed by atoms with Gasteiger partial charge >= 0.3 is 0 Å². The summed E-state index contributed by atoms with van der Waals surface area (Å²) in [4.78, 5) is 14.2. The van der Waals surface area contributed by atoms with Gasteiger partial charge < -0.3 is 10.6 Å². The Morgan fingerprint density at radius 1 is 1.44 bits per heavy atom. The second kappa shape index (κ2) is 8.48. The number of carbonyl (C=O) groups is 1. The third kappa shape index (κ3) is 4.94. The molecule has 2 unspecified atom stereocenters. The van der Waals surface area contributed by atoms with Crippen LogP contribution in [0.4, 0.5) is 0 Å². The number of likely N-dealkylation sites (tertiary alicyclic amines) is 1. The molecule has 1 aliphatic rings. The molecule has 0 spiro atoms. The topological polar surface area (TPSA) is 44.4 Å². The second-order valence-corrected chi connectivity index (χ2v) is 5.28. The maximum Gasteiger partial charge on any atom is 0.237 e. The van der Waals surface area contributed by atoms with Crippen LogP contribution in [0.25, 0.3) is 0 Å². The zero-order chi connectivity index (χ0) is 13.4. The van der Waals surface area contributed by atoms with Gasteiger partial charge in [0, 0.05) is 13.1 Å². The highest BCUT2D eigenvalue weighted by molar-refractivity contribution is 5.81. The molecule has 1 fully saturated rings. The Morgan fingerprint density at radius 2 is 2.22 bits per heavy atom. The minimum absolute atomic E-state index is 0.0129. The maximum atomic E-state index is 11.8. The van der Waals surface area contributed by atoms with Crippen LogP contribution in [0.1, 0.15) is 40.0 Å². The lowest BCUT2D eigenvalue weighted by Crippen LogP contribution is -2.50. The molecule has 0 aromatic rings. The lowest BCUT2D eigenvalue weighted by molar-refractivity contribution is -0.126. The molecule has 0 aliphatic carbocycles. The van der Waals surface area contributed by atoms with Crippen molar-refractivity contribution in [2.75, 3.05) is 32.7 Å². The SMILES string of the molecule is CCCNCC1CCCN(C(C)C(=O)NCC)C1. The van der Waals surface area contributed by atoms with Crippen LogP contribution in [-0.2, 0) is 4.79 Å². The van der Waals surface area contributed by atoms with Crippen molar-refractivity contribution in [2.24, 2.45) is 5.92 Å². The molecule has 2 atom stereocenters. The monoisotopic (exact) mass is 255 g/mol. The first-order chi connectivity index (χ1) is 8.69. The summed E-state index contributed by atoms with van der Waals surface area (Å²) in [5, 5.41) is 6.40. The minimum atomic E-state index is 0.0129. The molecular weight excluding hydrogens is 226 g/mol. The van der Waals surface area contributed by atoms with E-state index < -0.39 is 0 Å². The Hall–Kier alpha value is -0.610. The first-order valence-electron chi connectivity index (χ1n) is 7.41. The third-order valence-corrected chi connectivity index (χ3v) is 3.69. The zero-order valence-electron chi connectivity index (χ0n) is 12.2. The largest absolute Gasteiger partial charge is 0.355 e.